The highest BCUT2D eigenvalue weighted by molar-refractivity contribution is 5.98. The highest BCUT2D eigenvalue weighted by Crippen LogP contribution is 2.35. The van der Waals surface area contributed by atoms with Crippen molar-refractivity contribution in [3.63, 3.8) is 0 Å². The third-order valence-corrected chi connectivity index (χ3v) is 3.06. The minimum atomic E-state index is -0.257. The van der Waals surface area contributed by atoms with Gasteiger partial charge in [0, 0.05) is 19.3 Å². The largest absolute Gasteiger partial charge is 0.370 e. The second-order valence-electron chi connectivity index (χ2n) is 4.52. The molecular weight excluding hydrogens is 216 g/mol. The number of aromatic nitrogens is 2. The second kappa shape index (κ2) is 5.45. The fourth-order valence-corrected chi connectivity index (χ4v) is 2.08. The fraction of sp³-hybridized carbons (Fsp3) is 0.692. The van der Waals surface area contributed by atoms with E-state index in [1.807, 2.05) is 6.92 Å². The molecule has 1 aromatic rings. The standard InChI is InChI=1S/C13H20N2O2/c1-3-9-15-11(7-8-14-15)12(16)13(17-4-2)10-5-6-10/h7-8,10,13H,3-6,9H2,1-2H3. The van der Waals surface area contributed by atoms with Crippen LogP contribution in [0.25, 0.3) is 0 Å². The minimum Gasteiger partial charge on any atom is -0.370 e. The summed E-state index contributed by atoms with van der Waals surface area (Å²) in [5.74, 6) is 0.521. The average Bonchev–Trinajstić information content (AvgIpc) is 3.06. The maximum Gasteiger partial charge on any atom is 0.209 e. The van der Waals surface area contributed by atoms with Crippen molar-refractivity contribution in [1.82, 2.24) is 9.78 Å². The van der Waals surface area contributed by atoms with Crippen molar-refractivity contribution in [2.24, 2.45) is 5.92 Å². The zero-order chi connectivity index (χ0) is 12.3. The molecule has 1 fully saturated rings. The normalized spacial score (nSPS) is 17.1. The SMILES string of the molecule is CCCn1nccc1C(=O)C(OCC)C1CC1. The zero-order valence-electron chi connectivity index (χ0n) is 10.6. The smallest absolute Gasteiger partial charge is 0.209 e. The summed E-state index contributed by atoms with van der Waals surface area (Å²) in [5, 5.41) is 4.19. The Hall–Kier alpha value is -1.16. The van der Waals surface area contributed by atoms with Gasteiger partial charge in [0.25, 0.3) is 0 Å². The predicted molar refractivity (Wildman–Crippen MR) is 65.0 cm³/mol. The van der Waals surface area contributed by atoms with Crippen molar-refractivity contribution < 1.29 is 9.53 Å². The van der Waals surface area contributed by atoms with Crippen LogP contribution in [0.5, 0.6) is 0 Å². The summed E-state index contributed by atoms with van der Waals surface area (Å²) < 4.78 is 7.38. The Morgan fingerprint density at radius 3 is 2.94 bits per heavy atom. The molecule has 0 saturated heterocycles. The third kappa shape index (κ3) is 2.75. The van der Waals surface area contributed by atoms with Gasteiger partial charge in [-0.2, -0.15) is 5.10 Å². The van der Waals surface area contributed by atoms with Crippen LogP contribution < -0.4 is 0 Å². The van der Waals surface area contributed by atoms with E-state index in [0.29, 0.717) is 18.2 Å². The molecular formula is C13H20N2O2. The van der Waals surface area contributed by atoms with E-state index in [-0.39, 0.29) is 11.9 Å². The van der Waals surface area contributed by atoms with Crippen LogP contribution in [0.15, 0.2) is 12.3 Å². The number of Topliss-reactive ketones (excluding diaryl/α,β-unsaturated/α-hetero) is 1. The van der Waals surface area contributed by atoms with Crippen molar-refractivity contribution in [3.8, 4) is 0 Å². The lowest BCUT2D eigenvalue weighted by Gasteiger charge is -2.15. The van der Waals surface area contributed by atoms with E-state index < -0.39 is 0 Å². The summed E-state index contributed by atoms with van der Waals surface area (Å²) in [5.41, 5.74) is 0.692. The van der Waals surface area contributed by atoms with Crippen molar-refractivity contribution in [2.45, 2.75) is 45.8 Å². The first-order valence-corrected chi connectivity index (χ1v) is 6.45. The van der Waals surface area contributed by atoms with E-state index in [9.17, 15) is 4.79 Å². The third-order valence-electron chi connectivity index (χ3n) is 3.06. The molecule has 0 amide bonds. The molecule has 1 heterocycles. The van der Waals surface area contributed by atoms with E-state index >= 15 is 0 Å². The lowest BCUT2D eigenvalue weighted by atomic mass is 10.1. The maximum absolute atomic E-state index is 12.4. The first-order chi connectivity index (χ1) is 8.27. The quantitative estimate of drug-likeness (QED) is 0.682. The molecule has 4 heteroatoms. The molecule has 0 aromatic carbocycles. The van der Waals surface area contributed by atoms with Gasteiger partial charge in [-0.3, -0.25) is 9.48 Å². The molecule has 2 rings (SSSR count). The molecule has 1 aliphatic rings. The van der Waals surface area contributed by atoms with Crippen molar-refractivity contribution in [2.75, 3.05) is 6.61 Å². The molecule has 17 heavy (non-hydrogen) atoms. The van der Waals surface area contributed by atoms with E-state index in [1.54, 1.807) is 16.9 Å². The van der Waals surface area contributed by atoms with Crippen molar-refractivity contribution in [1.29, 1.82) is 0 Å². The lowest BCUT2D eigenvalue weighted by molar-refractivity contribution is 0.0365. The molecule has 0 radical (unpaired) electrons. The predicted octanol–water partition coefficient (Wildman–Crippen LogP) is 2.29. The Labute approximate surface area is 102 Å². The number of hydrogen-bond donors (Lipinski definition) is 0. The molecule has 1 aliphatic carbocycles. The minimum absolute atomic E-state index is 0.0975. The van der Waals surface area contributed by atoms with Crippen LogP contribution in [0, 0.1) is 5.92 Å². The van der Waals surface area contributed by atoms with Gasteiger partial charge in [-0.25, -0.2) is 0 Å². The number of ether oxygens (including phenoxy) is 1. The summed E-state index contributed by atoms with van der Waals surface area (Å²) in [6.07, 6.45) is 4.63. The Balaban J connectivity index is 2.13. The first-order valence-electron chi connectivity index (χ1n) is 6.45. The molecule has 0 bridgehead atoms. The van der Waals surface area contributed by atoms with Gasteiger partial charge in [0.2, 0.25) is 5.78 Å². The van der Waals surface area contributed by atoms with Gasteiger partial charge < -0.3 is 4.74 Å². The summed E-state index contributed by atoms with van der Waals surface area (Å²) in [6.45, 7) is 5.40. The number of hydrogen-bond acceptors (Lipinski definition) is 3. The highest BCUT2D eigenvalue weighted by Gasteiger charge is 2.38. The van der Waals surface area contributed by atoms with E-state index in [4.69, 9.17) is 4.74 Å². The number of carbonyl (C=O) groups excluding carboxylic acids is 1. The number of aryl methyl sites for hydroxylation is 1. The van der Waals surface area contributed by atoms with Gasteiger partial charge in [-0.1, -0.05) is 6.92 Å². The molecule has 1 atom stereocenters. The number of ketones is 1. The molecule has 94 valence electrons. The van der Waals surface area contributed by atoms with Crippen molar-refractivity contribution >= 4 is 5.78 Å². The van der Waals surface area contributed by atoms with Gasteiger partial charge in [0.1, 0.15) is 11.8 Å². The van der Waals surface area contributed by atoms with Crippen LogP contribution in [0.4, 0.5) is 0 Å². The van der Waals surface area contributed by atoms with Crippen LogP contribution in [0.3, 0.4) is 0 Å². The van der Waals surface area contributed by atoms with Crippen LogP contribution in [0.1, 0.15) is 43.6 Å². The van der Waals surface area contributed by atoms with Gasteiger partial charge in [0.05, 0.1) is 0 Å². The first kappa shape index (κ1) is 12.3. The molecule has 1 saturated carbocycles. The monoisotopic (exact) mass is 236 g/mol. The molecule has 0 aliphatic heterocycles. The Morgan fingerprint density at radius 2 is 2.35 bits per heavy atom. The highest BCUT2D eigenvalue weighted by atomic mass is 16.5. The number of carbonyl (C=O) groups is 1. The molecule has 4 nitrogen and oxygen atoms in total. The van der Waals surface area contributed by atoms with Crippen LogP contribution in [-0.2, 0) is 11.3 Å². The van der Waals surface area contributed by atoms with Gasteiger partial charge in [-0.05, 0) is 38.2 Å². The number of rotatable bonds is 7. The summed E-state index contributed by atoms with van der Waals surface area (Å²) >= 11 is 0. The van der Waals surface area contributed by atoms with Gasteiger partial charge >= 0.3 is 0 Å². The lowest BCUT2D eigenvalue weighted by Crippen LogP contribution is -2.29. The number of nitrogens with zero attached hydrogens (tertiary/aromatic N) is 2. The van der Waals surface area contributed by atoms with Crippen molar-refractivity contribution in [3.05, 3.63) is 18.0 Å². The summed E-state index contributed by atoms with van der Waals surface area (Å²) in [6, 6.07) is 1.80. The zero-order valence-corrected chi connectivity index (χ0v) is 10.6. The average molecular weight is 236 g/mol. The van der Waals surface area contributed by atoms with E-state index in [0.717, 1.165) is 25.8 Å². The fourth-order valence-electron chi connectivity index (χ4n) is 2.08. The van der Waals surface area contributed by atoms with E-state index in [1.165, 1.54) is 0 Å². The summed E-state index contributed by atoms with van der Waals surface area (Å²) in [4.78, 5) is 12.4. The van der Waals surface area contributed by atoms with Crippen LogP contribution in [0.2, 0.25) is 0 Å². The van der Waals surface area contributed by atoms with E-state index in [2.05, 4.69) is 12.0 Å². The second-order valence-corrected chi connectivity index (χ2v) is 4.52. The van der Waals surface area contributed by atoms with Crippen LogP contribution >= 0.6 is 0 Å². The van der Waals surface area contributed by atoms with Gasteiger partial charge in [0.15, 0.2) is 0 Å². The maximum atomic E-state index is 12.4. The molecule has 1 aromatic heterocycles. The Bertz CT molecular complexity index is 383. The molecule has 0 spiro atoms. The van der Waals surface area contributed by atoms with Gasteiger partial charge in [-0.15, -0.1) is 0 Å². The Morgan fingerprint density at radius 1 is 1.59 bits per heavy atom. The molecule has 1 unspecified atom stereocenters. The topological polar surface area (TPSA) is 44.1 Å². The van der Waals surface area contributed by atoms with Crippen LogP contribution in [-0.4, -0.2) is 28.3 Å². The Kier molecular flexibility index (Phi) is 3.94. The summed E-state index contributed by atoms with van der Waals surface area (Å²) in [7, 11) is 0. The molecule has 0 N–H and O–H groups in total.